The summed E-state index contributed by atoms with van der Waals surface area (Å²) in [6.07, 6.45) is 1.36. The molecular weight excluding hydrogens is 432 g/mol. The van der Waals surface area contributed by atoms with Crippen LogP contribution in [0.1, 0.15) is 53.6 Å². The first-order valence-electron chi connectivity index (χ1n) is 10.7. The number of aryl methyl sites for hydroxylation is 3. The van der Waals surface area contributed by atoms with E-state index in [1.807, 2.05) is 6.92 Å². The van der Waals surface area contributed by atoms with Crippen molar-refractivity contribution in [2.24, 2.45) is 5.92 Å². The monoisotopic (exact) mass is 462 g/mol. The Balaban J connectivity index is 1.67. The molecule has 2 aromatic carbocycles. The van der Waals surface area contributed by atoms with Gasteiger partial charge in [0, 0.05) is 18.1 Å². The van der Waals surface area contributed by atoms with Crippen LogP contribution in [-0.4, -0.2) is 31.7 Å². The van der Waals surface area contributed by atoms with Crippen LogP contribution in [0.5, 0.6) is 0 Å². The predicted molar refractivity (Wildman–Crippen MR) is 126 cm³/mol. The Morgan fingerprint density at radius 3 is 2.58 bits per heavy atom. The fraction of sp³-hybridized carbons (Fsp3) is 0.458. The van der Waals surface area contributed by atoms with Crippen LogP contribution in [-0.2, 0) is 20.6 Å². The van der Waals surface area contributed by atoms with Crippen molar-refractivity contribution in [3.8, 4) is 0 Å². The number of benzene rings is 2. The van der Waals surface area contributed by atoms with Crippen LogP contribution in [0.4, 0.5) is 0 Å². The number of amides is 1. The van der Waals surface area contributed by atoms with Crippen LogP contribution in [0.25, 0.3) is 0 Å². The molecule has 1 N–H and O–H groups in total. The standard InChI is InChI=1S/C24H31ClN2O3S/c1-16-11-18(3)23(12-17(16)2)19(4)26-24(28)21-8-6-10-27(14-21)31(29,30)15-20-7-5-9-22(25)13-20/h5,7,9,11-13,19,21H,6,8,10,14-15H2,1-4H3,(H,26,28)/t19-,21-/m1/s1. The first kappa shape index (κ1) is 23.8. The molecule has 1 fully saturated rings. The third-order valence-electron chi connectivity index (χ3n) is 6.09. The van der Waals surface area contributed by atoms with Crippen molar-refractivity contribution in [3.05, 3.63) is 69.2 Å². The Morgan fingerprint density at radius 2 is 1.87 bits per heavy atom. The Bertz CT molecular complexity index is 1070. The lowest BCUT2D eigenvalue weighted by Crippen LogP contribution is -2.46. The summed E-state index contributed by atoms with van der Waals surface area (Å²) in [4.78, 5) is 13.0. The van der Waals surface area contributed by atoms with Crippen LogP contribution in [0.3, 0.4) is 0 Å². The van der Waals surface area contributed by atoms with Crippen molar-refractivity contribution in [1.82, 2.24) is 9.62 Å². The van der Waals surface area contributed by atoms with E-state index in [1.165, 1.54) is 15.4 Å². The molecule has 2 atom stereocenters. The van der Waals surface area contributed by atoms with Gasteiger partial charge < -0.3 is 5.32 Å². The number of rotatable bonds is 6. The lowest BCUT2D eigenvalue weighted by Gasteiger charge is -2.32. The highest BCUT2D eigenvalue weighted by Crippen LogP contribution is 2.25. The second-order valence-electron chi connectivity index (χ2n) is 8.61. The zero-order chi connectivity index (χ0) is 22.8. The maximum absolute atomic E-state index is 13.0. The van der Waals surface area contributed by atoms with Gasteiger partial charge in [0.25, 0.3) is 0 Å². The van der Waals surface area contributed by atoms with Crippen LogP contribution in [0.15, 0.2) is 36.4 Å². The summed E-state index contributed by atoms with van der Waals surface area (Å²) < 4.78 is 27.3. The van der Waals surface area contributed by atoms with E-state index in [9.17, 15) is 13.2 Å². The molecule has 1 amide bonds. The summed E-state index contributed by atoms with van der Waals surface area (Å²) in [6, 6.07) is 11.0. The highest BCUT2D eigenvalue weighted by Gasteiger charge is 2.33. The van der Waals surface area contributed by atoms with E-state index in [2.05, 4.69) is 38.2 Å². The van der Waals surface area contributed by atoms with Gasteiger partial charge in [-0.15, -0.1) is 0 Å². The molecule has 0 unspecified atom stereocenters. The number of sulfonamides is 1. The second kappa shape index (κ2) is 9.72. The van der Waals surface area contributed by atoms with Crippen LogP contribution < -0.4 is 5.32 Å². The van der Waals surface area contributed by atoms with Gasteiger partial charge >= 0.3 is 0 Å². The molecule has 0 aliphatic carbocycles. The SMILES string of the molecule is Cc1cc(C)c([C@@H](C)NC(=O)[C@@H]2CCCN(S(=O)(=O)Cc3cccc(Cl)c3)C2)cc1C. The smallest absolute Gasteiger partial charge is 0.224 e. The molecule has 7 heteroatoms. The molecule has 3 rings (SSSR count). The number of nitrogens with zero attached hydrogens (tertiary/aromatic N) is 1. The first-order valence-corrected chi connectivity index (χ1v) is 12.7. The maximum Gasteiger partial charge on any atom is 0.224 e. The number of nitrogens with one attached hydrogen (secondary N) is 1. The van der Waals surface area contributed by atoms with E-state index in [4.69, 9.17) is 11.6 Å². The summed E-state index contributed by atoms with van der Waals surface area (Å²) in [5, 5.41) is 3.62. The average Bonchev–Trinajstić information content (AvgIpc) is 2.70. The number of halogens is 1. The van der Waals surface area contributed by atoms with Gasteiger partial charge in [-0.3, -0.25) is 4.79 Å². The van der Waals surface area contributed by atoms with E-state index < -0.39 is 10.0 Å². The maximum atomic E-state index is 13.0. The van der Waals surface area contributed by atoms with Gasteiger partial charge in [-0.1, -0.05) is 35.9 Å². The number of hydrogen-bond acceptors (Lipinski definition) is 3. The summed E-state index contributed by atoms with van der Waals surface area (Å²) in [5.74, 6) is -0.551. The Morgan fingerprint density at radius 1 is 1.16 bits per heavy atom. The minimum Gasteiger partial charge on any atom is -0.349 e. The molecule has 1 aliphatic rings. The van der Waals surface area contributed by atoms with Crippen LogP contribution in [0, 0.1) is 26.7 Å². The van der Waals surface area contributed by atoms with Crippen molar-refractivity contribution in [3.63, 3.8) is 0 Å². The Labute approximate surface area is 190 Å². The predicted octanol–water partition coefficient (Wildman–Crippen LogP) is 4.68. The molecule has 0 radical (unpaired) electrons. The van der Waals surface area contributed by atoms with Gasteiger partial charge in [-0.05, 0) is 80.5 Å². The van der Waals surface area contributed by atoms with Crippen LogP contribution >= 0.6 is 11.6 Å². The molecule has 1 saturated heterocycles. The van der Waals surface area contributed by atoms with Crippen molar-refractivity contribution >= 4 is 27.5 Å². The van der Waals surface area contributed by atoms with Crippen molar-refractivity contribution < 1.29 is 13.2 Å². The summed E-state index contributed by atoms with van der Waals surface area (Å²) in [5.41, 5.74) is 5.31. The molecule has 1 heterocycles. The minimum atomic E-state index is -3.52. The molecule has 1 aliphatic heterocycles. The van der Waals surface area contributed by atoms with Gasteiger partial charge in [-0.25, -0.2) is 12.7 Å². The Kier molecular flexibility index (Phi) is 7.45. The zero-order valence-electron chi connectivity index (χ0n) is 18.6. The molecule has 5 nitrogen and oxygen atoms in total. The Hall–Kier alpha value is -1.89. The van der Waals surface area contributed by atoms with E-state index in [1.54, 1.807) is 24.3 Å². The van der Waals surface area contributed by atoms with Gasteiger partial charge in [0.2, 0.25) is 15.9 Å². The van der Waals surface area contributed by atoms with Gasteiger partial charge in [0.15, 0.2) is 0 Å². The lowest BCUT2D eigenvalue weighted by atomic mass is 9.95. The fourth-order valence-corrected chi connectivity index (χ4v) is 6.01. The largest absolute Gasteiger partial charge is 0.349 e. The summed E-state index contributed by atoms with van der Waals surface area (Å²) in [7, 11) is -3.52. The van der Waals surface area contributed by atoms with Gasteiger partial charge in [0.05, 0.1) is 17.7 Å². The number of piperidine rings is 1. The van der Waals surface area contributed by atoms with E-state index >= 15 is 0 Å². The summed E-state index contributed by atoms with van der Waals surface area (Å²) >= 11 is 5.99. The van der Waals surface area contributed by atoms with E-state index in [0.717, 1.165) is 11.1 Å². The fourth-order valence-electron chi connectivity index (χ4n) is 4.20. The van der Waals surface area contributed by atoms with Crippen LogP contribution in [0.2, 0.25) is 5.02 Å². The highest BCUT2D eigenvalue weighted by atomic mass is 35.5. The molecule has 0 aromatic heterocycles. The number of carbonyl (C=O) groups is 1. The summed E-state index contributed by atoms with van der Waals surface area (Å²) in [6.45, 7) is 8.83. The first-order chi connectivity index (χ1) is 14.6. The molecule has 0 spiro atoms. The molecule has 0 bridgehead atoms. The lowest BCUT2D eigenvalue weighted by molar-refractivity contribution is -0.126. The van der Waals surface area contributed by atoms with Crippen molar-refractivity contribution in [2.45, 2.75) is 52.3 Å². The molecular formula is C24H31ClN2O3S. The van der Waals surface area contributed by atoms with Crippen molar-refractivity contribution in [1.29, 1.82) is 0 Å². The minimum absolute atomic E-state index is 0.0900. The topological polar surface area (TPSA) is 66.5 Å². The van der Waals surface area contributed by atoms with Gasteiger partial charge in [-0.2, -0.15) is 0 Å². The number of hydrogen-bond donors (Lipinski definition) is 1. The quantitative estimate of drug-likeness (QED) is 0.677. The third-order valence-corrected chi connectivity index (χ3v) is 8.15. The molecule has 168 valence electrons. The molecule has 31 heavy (non-hydrogen) atoms. The average molecular weight is 463 g/mol. The number of carbonyl (C=O) groups excluding carboxylic acids is 1. The van der Waals surface area contributed by atoms with E-state index in [0.29, 0.717) is 30.0 Å². The highest BCUT2D eigenvalue weighted by molar-refractivity contribution is 7.88. The van der Waals surface area contributed by atoms with Crippen molar-refractivity contribution in [2.75, 3.05) is 13.1 Å². The van der Waals surface area contributed by atoms with E-state index in [-0.39, 0.29) is 30.2 Å². The molecule has 0 saturated carbocycles. The zero-order valence-corrected chi connectivity index (χ0v) is 20.2. The molecule has 2 aromatic rings. The van der Waals surface area contributed by atoms with Gasteiger partial charge in [0.1, 0.15) is 0 Å². The second-order valence-corrected chi connectivity index (χ2v) is 11.0. The third kappa shape index (κ3) is 5.88. The normalized spacial score (nSPS) is 18.5.